The number of halogens is 3. The Morgan fingerprint density at radius 1 is 0.967 bits per heavy atom. The number of carbonyl (C=O) groups is 1. The maximum absolute atomic E-state index is 13.1. The Balaban J connectivity index is 1.62. The molecule has 0 saturated carbocycles. The number of aromatic hydroxyl groups is 1. The zero-order valence-corrected chi connectivity index (χ0v) is 17.0. The van der Waals surface area contributed by atoms with E-state index in [-0.39, 0.29) is 17.6 Å². The second-order valence-corrected chi connectivity index (χ2v) is 7.77. The van der Waals surface area contributed by atoms with E-state index in [4.69, 9.17) is 0 Å². The van der Waals surface area contributed by atoms with Gasteiger partial charge in [0.1, 0.15) is 11.8 Å². The number of phenolic OH excluding ortho intramolecular Hbond substituents is 1. The number of amides is 1. The first-order valence-corrected chi connectivity index (χ1v) is 9.91. The van der Waals surface area contributed by atoms with Crippen LogP contribution in [0.25, 0.3) is 0 Å². The van der Waals surface area contributed by atoms with Crippen molar-refractivity contribution in [1.29, 1.82) is 0 Å². The molecule has 1 aliphatic rings. The van der Waals surface area contributed by atoms with Crippen LogP contribution in [0.3, 0.4) is 0 Å². The van der Waals surface area contributed by atoms with E-state index in [0.717, 1.165) is 17.8 Å². The molecule has 1 heterocycles. The zero-order valence-electron chi connectivity index (χ0n) is 17.0. The molecule has 5 nitrogen and oxygen atoms in total. The Labute approximate surface area is 174 Å². The molecule has 1 amide bonds. The minimum absolute atomic E-state index is 0.0325. The summed E-state index contributed by atoms with van der Waals surface area (Å²) in [5.41, 5.74) is 0.756. The number of nitrogens with zero attached hydrogens (tertiary/aromatic N) is 2. The molecule has 2 aromatic carbocycles. The Morgan fingerprint density at radius 2 is 1.53 bits per heavy atom. The molecule has 1 aliphatic heterocycles. The summed E-state index contributed by atoms with van der Waals surface area (Å²) < 4.78 is 38.3. The molecule has 2 aromatic rings. The summed E-state index contributed by atoms with van der Waals surface area (Å²) in [6.07, 6.45) is -4.39. The summed E-state index contributed by atoms with van der Waals surface area (Å²) in [5.74, 6) is 0.117. The lowest BCUT2D eigenvalue weighted by atomic mass is 10.0. The maximum atomic E-state index is 13.1. The van der Waals surface area contributed by atoms with Crippen LogP contribution >= 0.6 is 0 Å². The van der Waals surface area contributed by atoms with E-state index in [1.54, 1.807) is 17.0 Å². The number of carbonyl (C=O) groups excluding carboxylic acids is 1. The van der Waals surface area contributed by atoms with Gasteiger partial charge < -0.3 is 20.2 Å². The first kappa shape index (κ1) is 21.8. The molecule has 3 rings (SSSR count). The molecule has 0 radical (unpaired) electrons. The summed E-state index contributed by atoms with van der Waals surface area (Å²) in [6.45, 7) is 6.26. The number of nitrogens with one attached hydrogen (secondary N) is 1. The highest BCUT2D eigenvalue weighted by Gasteiger charge is 2.31. The minimum atomic E-state index is -4.39. The first-order chi connectivity index (χ1) is 14.1. The van der Waals surface area contributed by atoms with Gasteiger partial charge in [0.15, 0.2) is 0 Å². The van der Waals surface area contributed by atoms with Crippen molar-refractivity contribution in [2.24, 2.45) is 5.92 Å². The van der Waals surface area contributed by atoms with Gasteiger partial charge in [0.25, 0.3) is 0 Å². The first-order valence-electron chi connectivity index (χ1n) is 9.91. The van der Waals surface area contributed by atoms with Crippen molar-refractivity contribution in [2.45, 2.75) is 26.1 Å². The molecule has 8 heteroatoms. The van der Waals surface area contributed by atoms with Gasteiger partial charge in [-0.05, 0) is 54.4 Å². The van der Waals surface area contributed by atoms with Gasteiger partial charge >= 0.3 is 6.18 Å². The third-order valence-corrected chi connectivity index (χ3v) is 5.27. The fraction of sp³-hybridized carbons (Fsp3) is 0.409. The number of benzene rings is 2. The van der Waals surface area contributed by atoms with E-state index in [9.17, 15) is 23.1 Å². The predicted octanol–water partition coefficient (Wildman–Crippen LogP) is 4.20. The van der Waals surface area contributed by atoms with E-state index in [2.05, 4.69) is 10.2 Å². The SMILES string of the molecule is CC(C)[C@@H](Nc1ccc(C(F)(F)F)cc1)C(=O)N1CCN(c2ccc(O)cc2)CC1. The van der Waals surface area contributed by atoms with Crippen molar-refractivity contribution < 1.29 is 23.1 Å². The number of phenols is 1. The summed E-state index contributed by atoms with van der Waals surface area (Å²) in [4.78, 5) is 17.0. The van der Waals surface area contributed by atoms with Crippen LogP contribution in [0.15, 0.2) is 48.5 Å². The Bertz CT molecular complexity index is 843. The summed E-state index contributed by atoms with van der Waals surface area (Å²) in [6, 6.07) is 11.2. The molecule has 0 aromatic heterocycles. The lowest BCUT2D eigenvalue weighted by Gasteiger charge is -2.38. The summed E-state index contributed by atoms with van der Waals surface area (Å²) in [7, 11) is 0. The maximum Gasteiger partial charge on any atom is 0.416 e. The number of rotatable bonds is 5. The number of piperazine rings is 1. The van der Waals surface area contributed by atoms with E-state index in [1.165, 1.54) is 12.1 Å². The highest BCUT2D eigenvalue weighted by Crippen LogP contribution is 2.30. The highest BCUT2D eigenvalue weighted by molar-refractivity contribution is 5.85. The van der Waals surface area contributed by atoms with Crippen molar-refractivity contribution in [3.8, 4) is 5.75 Å². The Morgan fingerprint density at radius 3 is 2.03 bits per heavy atom. The van der Waals surface area contributed by atoms with Crippen LogP contribution in [0.2, 0.25) is 0 Å². The van der Waals surface area contributed by atoms with E-state index in [0.29, 0.717) is 31.9 Å². The quantitative estimate of drug-likeness (QED) is 0.760. The number of hydrogen-bond acceptors (Lipinski definition) is 4. The Kier molecular flexibility index (Phi) is 6.43. The average Bonchev–Trinajstić information content (AvgIpc) is 2.72. The minimum Gasteiger partial charge on any atom is -0.508 e. The second-order valence-electron chi connectivity index (χ2n) is 7.77. The molecular weight excluding hydrogens is 395 g/mol. The molecular formula is C22H26F3N3O2. The van der Waals surface area contributed by atoms with Crippen LogP contribution in [0.1, 0.15) is 19.4 Å². The van der Waals surface area contributed by atoms with Gasteiger partial charge in [0.05, 0.1) is 5.56 Å². The molecule has 1 atom stereocenters. The third-order valence-electron chi connectivity index (χ3n) is 5.27. The zero-order chi connectivity index (χ0) is 21.9. The van der Waals surface area contributed by atoms with Crippen molar-refractivity contribution in [2.75, 3.05) is 36.4 Å². The van der Waals surface area contributed by atoms with E-state index < -0.39 is 17.8 Å². The molecule has 1 fully saturated rings. The second kappa shape index (κ2) is 8.85. The number of hydrogen-bond donors (Lipinski definition) is 2. The fourth-order valence-electron chi connectivity index (χ4n) is 3.49. The van der Waals surface area contributed by atoms with Crippen molar-refractivity contribution >= 4 is 17.3 Å². The third kappa shape index (κ3) is 5.17. The summed E-state index contributed by atoms with van der Waals surface area (Å²) in [5, 5.41) is 12.5. The topological polar surface area (TPSA) is 55.8 Å². The van der Waals surface area contributed by atoms with Crippen LogP contribution in [0.4, 0.5) is 24.5 Å². The number of anilines is 2. The molecule has 1 saturated heterocycles. The van der Waals surface area contributed by atoms with E-state index >= 15 is 0 Å². The molecule has 162 valence electrons. The van der Waals surface area contributed by atoms with E-state index in [1.807, 2.05) is 26.0 Å². The van der Waals surface area contributed by atoms with Gasteiger partial charge in [-0.3, -0.25) is 4.79 Å². The van der Waals surface area contributed by atoms with Crippen LogP contribution in [0.5, 0.6) is 5.75 Å². The van der Waals surface area contributed by atoms with Crippen LogP contribution in [-0.2, 0) is 11.0 Å². The monoisotopic (exact) mass is 421 g/mol. The Hall–Kier alpha value is -2.90. The van der Waals surface area contributed by atoms with Crippen molar-refractivity contribution in [3.63, 3.8) is 0 Å². The smallest absolute Gasteiger partial charge is 0.416 e. The molecule has 0 spiro atoms. The van der Waals surface area contributed by atoms with Crippen LogP contribution in [-0.4, -0.2) is 48.1 Å². The van der Waals surface area contributed by atoms with Gasteiger partial charge in [-0.15, -0.1) is 0 Å². The fourth-order valence-corrected chi connectivity index (χ4v) is 3.49. The summed E-state index contributed by atoms with van der Waals surface area (Å²) >= 11 is 0. The average molecular weight is 421 g/mol. The molecule has 0 bridgehead atoms. The van der Waals surface area contributed by atoms with Gasteiger partial charge in [-0.25, -0.2) is 0 Å². The van der Waals surface area contributed by atoms with Crippen LogP contribution in [0, 0.1) is 5.92 Å². The van der Waals surface area contributed by atoms with Gasteiger partial charge in [0, 0.05) is 37.6 Å². The highest BCUT2D eigenvalue weighted by atomic mass is 19.4. The standard InChI is InChI=1S/C22H26F3N3O2/c1-15(2)20(26-17-5-3-16(4-6-17)22(23,24)25)21(30)28-13-11-27(12-14-28)18-7-9-19(29)10-8-18/h3-10,15,20,26,29H,11-14H2,1-2H3/t20-/m1/s1. The van der Waals surface area contributed by atoms with Gasteiger partial charge in [-0.1, -0.05) is 13.8 Å². The molecule has 0 aliphatic carbocycles. The van der Waals surface area contributed by atoms with Crippen molar-refractivity contribution in [1.82, 2.24) is 4.90 Å². The van der Waals surface area contributed by atoms with Gasteiger partial charge in [-0.2, -0.15) is 13.2 Å². The molecule has 0 unspecified atom stereocenters. The molecule has 30 heavy (non-hydrogen) atoms. The number of alkyl halides is 3. The van der Waals surface area contributed by atoms with Crippen molar-refractivity contribution in [3.05, 3.63) is 54.1 Å². The van der Waals surface area contributed by atoms with Gasteiger partial charge in [0.2, 0.25) is 5.91 Å². The normalized spacial score (nSPS) is 15.9. The lowest BCUT2D eigenvalue weighted by molar-refractivity contribution is -0.137. The molecule has 2 N–H and O–H groups in total. The largest absolute Gasteiger partial charge is 0.508 e. The lowest BCUT2D eigenvalue weighted by Crippen LogP contribution is -2.54. The van der Waals surface area contributed by atoms with Crippen LogP contribution < -0.4 is 10.2 Å². The predicted molar refractivity (Wildman–Crippen MR) is 111 cm³/mol.